The lowest BCUT2D eigenvalue weighted by Gasteiger charge is -2.26. The molecule has 0 unspecified atom stereocenters. The van der Waals surface area contributed by atoms with E-state index in [1.165, 1.54) is 19.2 Å². The maximum Gasteiger partial charge on any atom is 0.338 e. The molecule has 0 saturated carbocycles. The molecule has 10 nitrogen and oxygen atoms in total. The van der Waals surface area contributed by atoms with E-state index >= 15 is 4.39 Å². The SMILES string of the molecule is COC(=O)c1cc2c(cc1C)/C(=C(/Nc1ccc(C(=O)NCCN3CCNC(=O)C3)c(F)c1)c1ccccc1)C(=O)N2. The summed E-state index contributed by atoms with van der Waals surface area (Å²) in [5.41, 5.74) is 3.65. The van der Waals surface area contributed by atoms with E-state index in [1.807, 2.05) is 35.2 Å². The summed E-state index contributed by atoms with van der Waals surface area (Å²) in [5, 5.41) is 11.4. The smallest absolute Gasteiger partial charge is 0.338 e. The fourth-order valence-electron chi connectivity index (χ4n) is 5.01. The van der Waals surface area contributed by atoms with Gasteiger partial charge in [0, 0.05) is 37.4 Å². The van der Waals surface area contributed by atoms with Crippen molar-refractivity contribution in [2.24, 2.45) is 0 Å². The zero-order valence-corrected chi connectivity index (χ0v) is 23.2. The summed E-state index contributed by atoms with van der Waals surface area (Å²) in [6.07, 6.45) is 0. The van der Waals surface area contributed by atoms with Crippen molar-refractivity contribution in [1.82, 2.24) is 15.5 Å². The highest BCUT2D eigenvalue weighted by molar-refractivity contribution is 6.37. The van der Waals surface area contributed by atoms with Crippen molar-refractivity contribution in [1.29, 1.82) is 0 Å². The van der Waals surface area contributed by atoms with Gasteiger partial charge in [-0.1, -0.05) is 30.3 Å². The molecule has 1 saturated heterocycles. The van der Waals surface area contributed by atoms with Crippen LogP contribution in [-0.2, 0) is 14.3 Å². The van der Waals surface area contributed by atoms with Crippen LogP contribution in [0.2, 0.25) is 0 Å². The van der Waals surface area contributed by atoms with Crippen molar-refractivity contribution < 1.29 is 28.3 Å². The Morgan fingerprint density at radius 1 is 1.05 bits per heavy atom. The molecule has 0 spiro atoms. The number of fused-ring (bicyclic) bond motifs is 1. The van der Waals surface area contributed by atoms with E-state index in [0.29, 0.717) is 64.5 Å². The predicted molar refractivity (Wildman–Crippen MR) is 156 cm³/mol. The average molecular weight is 572 g/mol. The minimum absolute atomic E-state index is 0.0637. The van der Waals surface area contributed by atoms with Crippen LogP contribution in [0.15, 0.2) is 60.7 Å². The monoisotopic (exact) mass is 571 g/mol. The molecule has 0 radical (unpaired) electrons. The fraction of sp³-hybridized carbons (Fsp3) is 0.226. The number of hydrogen-bond donors (Lipinski definition) is 4. The molecular formula is C31H30FN5O5. The number of carbonyl (C=O) groups is 4. The number of esters is 1. The summed E-state index contributed by atoms with van der Waals surface area (Å²) >= 11 is 0. The Hall–Kier alpha value is -5.03. The van der Waals surface area contributed by atoms with E-state index in [1.54, 1.807) is 25.1 Å². The quantitative estimate of drug-likeness (QED) is 0.242. The third kappa shape index (κ3) is 6.01. The number of methoxy groups -OCH3 is 1. The number of hydrogen-bond acceptors (Lipinski definition) is 7. The second-order valence-electron chi connectivity index (χ2n) is 9.98. The number of carbonyl (C=O) groups excluding carboxylic acids is 4. The highest BCUT2D eigenvalue weighted by Gasteiger charge is 2.30. The number of ether oxygens (including phenoxy) is 1. The van der Waals surface area contributed by atoms with Crippen molar-refractivity contribution in [2.45, 2.75) is 6.92 Å². The number of amides is 3. The first-order valence-corrected chi connectivity index (χ1v) is 13.4. The van der Waals surface area contributed by atoms with E-state index in [-0.39, 0.29) is 30.5 Å². The molecule has 3 aromatic rings. The number of nitrogens with zero attached hydrogens (tertiary/aromatic N) is 1. The van der Waals surface area contributed by atoms with Crippen LogP contribution < -0.4 is 21.3 Å². The van der Waals surface area contributed by atoms with Crippen LogP contribution in [0.3, 0.4) is 0 Å². The van der Waals surface area contributed by atoms with Crippen molar-refractivity contribution in [3.8, 4) is 0 Å². The Bertz CT molecular complexity index is 1600. The molecule has 1 fully saturated rings. The highest BCUT2D eigenvalue weighted by atomic mass is 19.1. The molecule has 0 bridgehead atoms. The second-order valence-corrected chi connectivity index (χ2v) is 9.98. The van der Waals surface area contributed by atoms with Gasteiger partial charge in [-0.25, -0.2) is 9.18 Å². The third-order valence-electron chi connectivity index (χ3n) is 7.14. The molecule has 216 valence electrons. The van der Waals surface area contributed by atoms with Gasteiger partial charge in [0.15, 0.2) is 0 Å². The molecule has 11 heteroatoms. The Labute approximate surface area is 241 Å². The van der Waals surface area contributed by atoms with E-state index in [2.05, 4.69) is 21.3 Å². The van der Waals surface area contributed by atoms with Gasteiger partial charge in [0.05, 0.1) is 41.7 Å². The van der Waals surface area contributed by atoms with Gasteiger partial charge in [0.25, 0.3) is 11.8 Å². The molecular weight excluding hydrogens is 541 g/mol. The standard InChI is InChI=1S/C31H30FN5O5/c1-18-14-23-25(16-22(18)31(41)42-2)36-30(40)27(23)28(19-6-4-3-5-7-19)35-20-8-9-21(24(32)15-20)29(39)34-11-13-37-12-10-33-26(38)17-37/h3-9,14-16,35H,10-13,17H2,1-2H3,(H,33,38)(H,34,39)(H,36,40)/b28-27-. The number of benzene rings is 3. The van der Waals surface area contributed by atoms with Crippen LogP contribution in [-0.4, -0.2) is 68.4 Å². The molecule has 2 heterocycles. The Balaban J connectivity index is 1.41. The van der Waals surface area contributed by atoms with E-state index < -0.39 is 17.7 Å². The largest absolute Gasteiger partial charge is 0.465 e. The minimum atomic E-state index is -0.734. The van der Waals surface area contributed by atoms with E-state index in [4.69, 9.17) is 4.74 Å². The minimum Gasteiger partial charge on any atom is -0.465 e. The van der Waals surface area contributed by atoms with Crippen molar-refractivity contribution in [3.05, 3.63) is 94.3 Å². The lowest BCUT2D eigenvalue weighted by molar-refractivity contribution is -0.124. The van der Waals surface area contributed by atoms with Crippen LogP contribution in [0, 0.1) is 12.7 Å². The first kappa shape index (κ1) is 28.5. The second kappa shape index (κ2) is 12.2. The average Bonchev–Trinajstić information content (AvgIpc) is 3.29. The summed E-state index contributed by atoms with van der Waals surface area (Å²) in [7, 11) is 1.29. The first-order chi connectivity index (χ1) is 20.2. The number of halogens is 1. The summed E-state index contributed by atoms with van der Waals surface area (Å²) < 4.78 is 20.0. The van der Waals surface area contributed by atoms with Crippen LogP contribution in [0.1, 0.15) is 37.4 Å². The molecule has 42 heavy (non-hydrogen) atoms. The van der Waals surface area contributed by atoms with Crippen molar-refractivity contribution in [2.75, 3.05) is 50.5 Å². The lowest BCUT2D eigenvalue weighted by atomic mass is 9.96. The van der Waals surface area contributed by atoms with Crippen molar-refractivity contribution >= 4 is 46.3 Å². The van der Waals surface area contributed by atoms with E-state index in [0.717, 1.165) is 0 Å². The maximum atomic E-state index is 15.2. The topological polar surface area (TPSA) is 129 Å². The predicted octanol–water partition coefficient (Wildman–Crippen LogP) is 3.01. The Morgan fingerprint density at radius 2 is 1.83 bits per heavy atom. The number of aryl methyl sites for hydroxylation is 1. The number of piperazine rings is 1. The summed E-state index contributed by atoms with van der Waals surface area (Å²) in [4.78, 5) is 51.6. The Kier molecular flexibility index (Phi) is 8.30. The van der Waals surface area contributed by atoms with Crippen LogP contribution in [0.4, 0.5) is 15.8 Å². The van der Waals surface area contributed by atoms with E-state index in [9.17, 15) is 19.2 Å². The zero-order valence-electron chi connectivity index (χ0n) is 23.2. The summed E-state index contributed by atoms with van der Waals surface area (Å²) in [6.45, 7) is 3.99. The Morgan fingerprint density at radius 3 is 2.55 bits per heavy atom. The van der Waals surface area contributed by atoms with Gasteiger partial charge in [-0.05, 0) is 48.4 Å². The molecule has 4 N–H and O–H groups in total. The van der Waals surface area contributed by atoms with Crippen LogP contribution in [0.5, 0.6) is 0 Å². The van der Waals surface area contributed by atoms with Gasteiger partial charge in [-0.2, -0.15) is 0 Å². The molecule has 3 aromatic carbocycles. The third-order valence-corrected chi connectivity index (χ3v) is 7.14. The van der Waals surface area contributed by atoms with Gasteiger partial charge in [0.1, 0.15) is 5.82 Å². The fourth-order valence-corrected chi connectivity index (χ4v) is 5.01. The summed E-state index contributed by atoms with van der Waals surface area (Å²) in [5.74, 6) is -2.27. The first-order valence-electron chi connectivity index (χ1n) is 13.4. The van der Waals surface area contributed by atoms with Gasteiger partial charge in [0.2, 0.25) is 5.91 Å². The number of rotatable bonds is 8. The van der Waals surface area contributed by atoms with Gasteiger partial charge in [-0.15, -0.1) is 0 Å². The maximum absolute atomic E-state index is 15.2. The van der Waals surface area contributed by atoms with Gasteiger partial charge < -0.3 is 26.0 Å². The lowest BCUT2D eigenvalue weighted by Crippen LogP contribution is -2.49. The van der Waals surface area contributed by atoms with Crippen molar-refractivity contribution in [3.63, 3.8) is 0 Å². The zero-order chi connectivity index (χ0) is 29.8. The molecule has 2 aliphatic heterocycles. The molecule has 3 amide bonds. The number of nitrogens with one attached hydrogen (secondary N) is 4. The van der Waals surface area contributed by atoms with Crippen LogP contribution in [0.25, 0.3) is 11.3 Å². The normalized spacial score (nSPS) is 15.8. The number of anilines is 2. The van der Waals surface area contributed by atoms with Gasteiger partial charge >= 0.3 is 5.97 Å². The molecule has 5 rings (SSSR count). The van der Waals surface area contributed by atoms with Crippen LogP contribution >= 0.6 is 0 Å². The molecule has 0 aliphatic carbocycles. The molecule has 2 aliphatic rings. The molecule has 0 aromatic heterocycles. The molecule has 0 atom stereocenters. The summed E-state index contributed by atoms with van der Waals surface area (Å²) in [6, 6.07) is 16.6. The van der Waals surface area contributed by atoms with Gasteiger partial charge in [-0.3, -0.25) is 19.3 Å². The highest BCUT2D eigenvalue weighted by Crippen LogP contribution is 2.39.